The van der Waals surface area contributed by atoms with Gasteiger partial charge in [0.25, 0.3) is 0 Å². The third-order valence-electron chi connectivity index (χ3n) is 4.28. The van der Waals surface area contributed by atoms with E-state index in [1.807, 2.05) is 0 Å². The van der Waals surface area contributed by atoms with Gasteiger partial charge in [-0.2, -0.15) is 0 Å². The molecule has 1 unspecified atom stereocenters. The number of fused-ring (bicyclic) bond motifs is 1. The molecular weight excluding hydrogens is 194 g/mol. The molecule has 0 amide bonds. The highest BCUT2D eigenvalue weighted by Crippen LogP contribution is 2.35. The molecular formula is C15H21N. The Hall–Kier alpha value is -0.820. The van der Waals surface area contributed by atoms with E-state index in [1.165, 1.54) is 45.2 Å². The van der Waals surface area contributed by atoms with E-state index in [4.69, 9.17) is 0 Å². The largest absolute Gasteiger partial charge is 0.300 e. The Labute approximate surface area is 98.5 Å². The molecule has 1 aromatic carbocycles. The topological polar surface area (TPSA) is 3.24 Å². The van der Waals surface area contributed by atoms with Crippen LogP contribution in [0.5, 0.6) is 0 Å². The zero-order valence-electron chi connectivity index (χ0n) is 9.94. The summed E-state index contributed by atoms with van der Waals surface area (Å²) in [7, 11) is 0. The first-order chi connectivity index (χ1) is 7.93. The molecule has 16 heavy (non-hydrogen) atoms. The highest BCUT2D eigenvalue weighted by atomic mass is 15.2. The van der Waals surface area contributed by atoms with Crippen LogP contribution >= 0.6 is 0 Å². The van der Waals surface area contributed by atoms with Crippen molar-refractivity contribution in [2.75, 3.05) is 13.1 Å². The Morgan fingerprint density at radius 2 is 1.88 bits per heavy atom. The highest BCUT2D eigenvalue weighted by Gasteiger charge is 2.32. The average Bonchev–Trinajstić information content (AvgIpc) is 2.62. The predicted octanol–water partition coefficient (Wildman–Crippen LogP) is 3.42. The molecule has 0 radical (unpaired) electrons. The molecule has 2 aliphatic heterocycles. The Balaban J connectivity index is 1.73. The third-order valence-corrected chi connectivity index (χ3v) is 4.28. The fourth-order valence-corrected chi connectivity index (χ4v) is 3.40. The maximum Gasteiger partial charge on any atom is 0.0102 e. The van der Waals surface area contributed by atoms with Gasteiger partial charge in [-0.1, -0.05) is 43.2 Å². The molecule has 86 valence electrons. The van der Waals surface area contributed by atoms with Crippen molar-refractivity contribution in [1.82, 2.24) is 4.90 Å². The molecule has 3 rings (SSSR count). The van der Waals surface area contributed by atoms with Gasteiger partial charge in [-0.15, -0.1) is 0 Å². The second kappa shape index (κ2) is 4.58. The predicted molar refractivity (Wildman–Crippen MR) is 67.6 cm³/mol. The first-order valence-corrected chi connectivity index (χ1v) is 6.72. The first kappa shape index (κ1) is 10.3. The van der Waals surface area contributed by atoms with Crippen LogP contribution in [-0.2, 0) is 0 Å². The molecule has 2 atom stereocenters. The van der Waals surface area contributed by atoms with Crippen LogP contribution in [-0.4, -0.2) is 24.0 Å². The molecule has 0 saturated carbocycles. The lowest BCUT2D eigenvalue weighted by Gasteiger charge is -2.20. The zero-order valence-corrected chi connectivity index (χ0v) is 9.94. The van der Waals surface area contributed by atoms with Gasteiger partial charge in [-0.05, 0) is 37.3 Å². The van der Waals surface area contributed by atoms with Crippen molar-refractivity contribution in [1.29, 1.82) is 0 Å². The lowest BCUT2D eigenvalue weighted by Crippen LogP contribution is -2.28. The van der Waals surface area contributed by atoms with Crippen LogP contribution in [0, 0.1) is 0 Å². The second-order valence-electron chi connectivity index (χ2n) is 5.34. The monoisotopic (exact) mass is 215 g/mol. The molecule has 2 saturated heterocycles. The standard InChI is InChI=1S/C15H21N/c1-3-7-13(8-4-1)14-11-15-9-5-2-6-10-16(15)12-14/h1,3-4,7-8,14-15H,2,5-6,9-12H2/t14?,15-/m0/s1. The Morgan fingerprint density at radius 1 is 1.00 bits per heavy atom. The summed E-state index contributed by atoms with van der Waals surface area (Å²) in [5.74, 6) is 0.796. The van der Waals surface area contributed by atoms with E-state index in [-0.39, 0.29) is 0 Å². The fourth-order valence-electron chi connectivity index (χ4n) is 3.40. The molecule has 1 heteroatoms. The van der Waals surface area contributed by atoms with Crippen molar-refractivity contribution >= 4 is 0 Å². The smallest absolute Gasteiger partial charge is 0.0102 e. The molecule has 2 fully saturated rings. The molecule has 1 aromatic rings. The van der Waals surface area contributed by atoms with Gasteiger partial charge >= 0.3 is 0 Å². The van der Waals surface area contributed by atoms with Crippen molar-refractivity contribution in [3.05, 3.63) is 35.9 Å². The van der Waals surface area contributed by atoms with Gasteiger partial charge in [0.1, 0.15) is 0 Å². The van der Waals surface area contributed by atoms with Gasteiger partial charge in [-0.3, -0.25) is 4.90 Å². The van der Waals surface area contributed by atoms with Gasteiger partial charge < -0.3 is 0 Å². The maximum atomic E-state index is 2.74. The minimum Gasteiger partial charge on any atom is -0.300 e. The molecule has 0 bridgehead atoms. The minimum absolute atomic E-state index is 0.796. The van der Waals surface area contributed by atoms with E-state index in [0.717, 1.165) is 12.0 Å². The summed E-state index contributed by atoms with van der Waals surface area (Å²) >= 11 is 0. The number of rotatable bonds is 1. The summed E-state index contributed by atoms with van der Waals surface area (Å²) in [6.07, 6.45) is 7.14. The molecule has 1 nitrogen and oxygen atoms in total. The number of hydrogen-bond donors (Lipinski definition) is 0. The molecule has 2 heterocycles. The van der Waals surface area contributed by atoms with Crippen LogP contribution in [0.1, 0.15) is 43.6 Å². The van der Waals surface area contributed by atoms with Crippen molar-refractivity contribution in [3.8, 4) is 0 Å². The van der Waals surface area contributed by atoms with Crippen molar-refractivity contribution in [2.45, 2.75) is 44.1 Å². The molecule has 0 N–H and O–H groups in total. The van der Waals surface area contributed by atoms with Crippen LogP contribution in [0.25, 0.3) is 0 Å². The third kappa shape index (κ3) is 2.01. The van der Waals surface area contributed by atoms with E-state index >= 15 is 0 Å². The number of nitrogens with zero attached hydrogens (tertiary/aromatic N) is 1. The zero-order chi connectivity index (χ0) is 10.8. The van der Waals surface area contributed by atoms with E-state index in [2.05, 4.69) is 35.2 Å². The summed E-state index contributed by atoms with van der Waals surface area (Å²) in [6, 6.07) is 12.0. The van der Waals surface area contributed by atoms with Gasteiger partial charge in [0.2, 0.25) is 0 Å². The van der Waals surface area contributed by atoms with Crippen LogP contribution in [0.15, 0.2) is 30.3 Å². The number of benzene rings is 1. The van der Waals surface area contributed by atoms with Crippen molar-refractivity contribution < 1.29 is 0 Å². The molecule has 0 aromatic heterocycles. The van der Waals surface area contributed by atoms with E-state index < -0.39 is 0 Å². The van der Waals surface area contributed by atoms with Crippen LogP contribution in [0.2, 0.25) is 0 Å². The summed E-state index contributed by atoms with van der Waals surface area (Å²) < 4.78 is 0. The minimum atomic E-state index is 0.796. The summed E-state index contributed by atoms with van der Waals surface area (Å²) in [5.41, 5.74) is 1.55. The molecule has 0 spiro atoms. The maximum absolute atomic E-state index is 2.74. The van der Waals surface area contributed by atoms with Gasteiger partial charge in [0, 0.05) is 12.6 Å². The van der Waals surface area contributed by atoms with Crippen LogP contribution < -0.4 is 0 Å². The van der Waals surface area contributed by atoms with Crippen LogP contribution in [0.4, 0.5) is 0 Å². The normalized spacial score (nSPS) is 31.0. The molecule has 2 aliphatic rings. The Kier molecular flexibility index (Phi) is 2.96. The van der Waals surface area contributed by atoms with E-state index in [9.17, 15) is 0 Å². The highest BCUT2D eigenvalue weighted by molar-refractivity contribution is 5.21. The van der Waals surface area contributed by atoms with E-state index in [1.54, 1.807) is 5.56 Å². The average molecular weight is 215 g/mol. The Bertz CT molecular complexity index is 319. The summed E-state index contributed by atoms with van der Waals surface area (Å²) in [6.45, 7) is 2.64. The van der Waals surface area contributed by atoms with Crippen molar-refractivity contribution in [3.63, 3.8) is 0 Å². The van der Waals surface area contributed by atoms with Gasteiger partial charge in [0.15, 0.2) is 0 Å². The number of hydrogen-bond acceptors (Lipinski definition) is 1. The SMILES string of the molecule is c1ccc(C2C[C@@H]3CCCCCN3C2)cc1. The van der Waals surface area contributed by atoms with Crippen molar-refractivity contribution in [2.24, 2.45) is 0 Å². The lowest BCUT2D eigenvalue weighted by molar-refractivity contribution is 0.259. The van der Waals surface area contributed by atoms with Gasteiger partial charge in [0.05, 0.1) is 0 Å². The lowest BCUT2D eigenvalue weighted by atomic mass is 9.95. The fraction of sp³-hybridized carbons (Fsp3) is 0.600. The second-order valence-corrected chi connectivity index (χ2v) is 5.34. The van der Waals surface area contributed by atoms with Crippen LogP contribution in [0.3, 0.4) is 0 Å². The first-order valence-electron chi connectivity index (χ1n) is 6.72. The summed E-state index contributed by atoms with van der Waals surface area (Å²) in [5, 5.41) is 0. The Morgan fingerprint density at radius 3 is 2.75 bits per heavy atom. The quantitative estimate of drug-likeness (QED) is 0.694. The molecule has 0 aliphatic carbocycles. The summed E-state index contributed by atoms with van der Waals surface area (Å²) in [4.78, 5) is 2.74. The van der Waals surface area contributed by atoms with Gasteiger partial charge in [-0.25, -0.2) is 0 Å². The van der Waals surface area contributed by atoms with E-state index in [0.29, 0.717) is 0 Å².